The molecule has 122 valence electrons. The van der Waals surface area contributed by atoms with Crippen molar-refractivity contribution in [3.63, 3.8) is 0 Å². The number of hydrogen-bond acceptors (Lipinski definition) is 3. The van der Waals surface area contributed by atoms with Crippen LogP contribution in [0.5, 0.6) is 0 Å². The van der Waals surface area contributed by atoms with E-state index in [0.29, 0.717) is 5.69 Å². The Kier molecular flexibility index (Phi) is 4.37. The third kappa shape index (κ3) is 3.17. The minimum atomic E-state index is -0.551. The summed E-state index contributed by atoms with van der Waals surface area (Å²) >= 11 is 0. The van der Waals surface area contributed by atoms with Crippen molar-refractivity contribution < 1.29 is 9.18 Å². The van der Waals surface area contributed by atoms with Crippen LogP contribution in [0.4, 0.5) is 10.1 Å². The maximum absolute atomic E-state index is 13.7. The Balaban J connectivity index is 1.87. The van der Waals surface area contributed by atoms with Crippen LogP contribution in [0.15, 0.2) is 54.7 Å². The van der Waals surface area contributed by atoms with Crippen molar-refractivity contribution in [2.75, 3.05) is 5.32 Å². The summed E-state index contributed by atoms with van der Waals surface area (Å²) in [5.41, 5.74) is 2.31. The summed E-state index contributed by atoms with van der Waals surface area (Å²) in [7, 11) is 0. The van der Waals surface area contributed by atoms with Crippen LogP contribution in [0, 0.1) is 5.82 Å². The number of halogens is 1. The predicted octanol–water partition coefficient (Wildman–Crippen LogP) is 3.78. The van der Waals surface area contributed by atoms with Crippen LogP contribution in [0.25, 0.3) is 5.69 Å². The minimum absolute atomic E-state index is 0.00604. The fraction of sp³-hybridized carbons (Fsp3) is 0.167. The van der Waals surface area contributed by atoms with Crippen LogP contribution in [0.2, 0.25) is 0 Å². The van der Waals surface area contributed by atoms with Gasteiger partial charge in [-0.05, 0) is 36.2 Å². The second kappa shape index (κ2) is 6.62. The van der Waals surface area contributed by atoms with E-state index in [1.54, 1.807) is 41.2 Å². The SMILES string of the molecule is CC(C)c1cnnn1-c1cccc(NC(=O)c2ccccc2F)c1. The zero-order chi connectivity index (χ0) is 17.1. The summed E-state index contributed by atoms with van der Waals surface area (Å²) < 4.78 is 15.4. The van der Waals surface area contributed by atoms with Crippen LogP contribution < -0.4 is 5.32 Å². The zero-order valence-electron chi connectivity index (χ0n) is 13.4. The average molecular weight is 324 g/mol. The molecule has 0 spiro atoms. The first-order valence-electron chi connectivity index (χ1n) is 7.63. The van der Waals surface area contributed by atoms with Gasteiger partial charge in [0, 0.05) is 5.69 Å². The van der Waals surface area contributed by atoms with Gasteiger partial charge in [-0.2, -0.15) is 0 Å². The second-order valence-electron chi connectivity index (χ2n) is 5.71. The van der Waals surface area contributed by atoms with E-state index in [0.717, 1.165) is 11.4 Å². The fourth-order valence-electron chi connectivity index (χ4n) is 2.40. The molecule has 24 heavy (non-hydrogen) atoms. The fourth-order valence-corrected chi connectivity index (χ4v) is 2.40. The van der Waals surface area contributed by atoms with Gasteiger partial charge in [-0.3, -0.25) is 4.79 Å². The molecule has 0 aliphatic rings. The molecule has 1 N–H and O–H groups in total. The van der Waals surface area contributed by atoms with Gasteiger partial charge in [0.1, 0.15) is 5.82 Å². The maximum Gasteiger partial charge on any atom is 0.258 e. The van der Waals surface area contributed by atoms with Gasteiger partial charge in [-0.15, -0.1) is 5.10 Å². The Morgan fingerprint density at radius 3 is 2.71 bits per heavy atom. The molecule has 0 saturated carbocycles. The molecule has 0 atom stereocenters. The highest BCUT2D eigenvalue weighted by atomic mass is 19.1. The van der Waals surface area contributed by atoms with Crippen molar-refractivity contribution >= 4 is 11.6 Å². The van der Waals surface area contributed by atoms with Crippen LogP contribution in [0.3, 0.4) is 0 Å². The summed E-state index contributed by atoms with van der Waals surface area (Å²) in [6, 6.07) is 13.1. The van der Waals surface area contributed by atoms with E-state index in [9.17, 15) is 9.18 Å². The normalized spacial score (nSPS) is 10.8. The molecular formula is C18H17FN4O. The lowest BCUT2D eigenvalue weighted by Gasteiger charge is -2.11. The summed E-state index contributed by atoms with van der Waals surface area (Å²) in [6.07, 6.45) is 1.72. The molecule has 1 aromatic heterocycles. The number of aromatic nitrogens is 3. The zero-order valence-corrected chi connectivity index (χ0v) is 13.4. The summed E-state index contributed by atoms with van der Waals surface area (Å²) in [6.45, 7) is 4.11. The first-order chi connectivity index (χ1) is 11.6. The van der Waals surface area contributed by atoms with E-state index in [4.69, 9.17) is 0 Å². The highest BCUT2D eigenvalue weighted by Gasteiger charge is 2.13. The first kappa shape index (κ1) is 15.9. The topological polar surface area (TPSA) is 59.8 Å². The second-order valence-corrected chi connectivity index (χ2v) is 5.71. The van der Waals surface area contributed by atoms with E-state index in [2.05, 4.69) is 29.5 Å². The van der Waals surface area contributed by atoms with Gasteiger partial charge < -0.3 is 5.32 Å². The third-order valence-corrected chi connectivity index (χ3v) is 3.63. The van der Waals surface area contributed by atoms with Gasteiger partial charge in [0.2, 0.25) is 0 Å². The van der Waals surface area contributed by atoms with E-state index >= 15 is 0 Å². The number of carbonyl (C=O) groups excluding carboxylic acids is 1. The molecule has 5 nitrogen and oxygen atoms in total. The highest BCUT2D eigenvalue weighted by Crippen LogP contribution is 2.20. The minimum Gasteiger partial charge on any atom is -0.322 e. The Bertz CT molecular complexity index is 873. The molecule has 0 radical (unpaired) electrons. The van der Waals surface area contributed by atoms with Gasteiger partial charge in [-0.1, -0.05) is 37.3 Å². The van der Waals surface area contributed by atoms with Crippen molar-refractivity contribution in [2.45, 2.75) is 19.8 Å². The molecule has 1 heterocycles. The van der Waals surface area contributed by atoms with Crippen molar-refractivity contribution in [1.29, 1.82) is 0 Å². The quantitative estimate of drug-likeness (QED) is 0.794. The third-order valence-electron chi connectivity index (χ3n) is 3.63. The molecule has 0 saturated heterocycles. The highest BCUT2D eigenvalue weighted by molar-refractivity contribution is 6.04. The van der Waals surface area contributed by atoms with Gasteiger partial charge in [0.05, 0.1) is 23.1 Å². The Morgan fingerprint density at radius 2 is 1.96 bits per heavy atom. The smallest absolute Gasteiger partial charge is 0.258 e. The van der Waals surface area contributed by atoms with Crippen LogP contribution in [0.1, 0.15) is 35.8 Å². The number of hydrogen-bond donors (Lipinski definition) is 1. The molecule has 2 aromatic carbocycles. The standard InChI is InChI=1S/C18H17FN4O/c1-12(2)17-11-20-22-23(17)14-7-5-6-13(10-14)21-18(24)15-8-3-4-9-16(15)19/h3-12H,1-2H3,(H,21,24). The predicted molar refractivity (Wildman–Crippen MR) is 89.8 cm³/mol. The number of amides is 1. The largest absolute Gasteiger partial charge is 0.322 e. The summed E-state index contributed by atoms with van der Waals surface area (Å²) in [5, 5.41) is 10.7. The number of carbonyl (C=O) groups is 1. The number of benzene rings is 2. The molecule has 3 aromatic rings. The van der Waals surface area contributed by atoms with Gasteiger partial charge in [-0.25, -0.2) is 9.07 Å². The monoisotopic (exact) mass is 324 g/mol. The molecule has 6 heteroatoms. The molecule has 0 aliphatic carbocycles. The van der Waals surface area contributed by atoms with Crippen molar-refractivity contribution in [3.05, 3.63) is 71.8 Å². The lowest BCUT2D eigenvalue weighted by Crippen LogP contribution is -2.14. The van der Waals surface area contributed by atoms with Gasteiger partial charge in [0.25, 0.3) is 5.91 Å². The number of rotatable bonds is 4. The van der Waals surface area contributed by atoms with E-state index in [1.807, 2.05) is 6.07 Å². The Hall–Kier alpha value is -3.02. The molecule has 3 rings (SSSR count). The van der Waals surface area contributed by atoms with Gasteiger partial charge >= 0.3 is 0 Å². The van der Waals surface area contributed by atoms with Crippen LogP contribution >= 0.6 is 0 Å². The molecule has 0 unspecified atom stereocenters. The average Bonchev–Trinajstić information content (AvgIpc) is 3.05. The molecule has 0 bridgehead atoms. The van der Waals surface area contributed by atoms with E-state index < -0.39 is 11.7 Å². The lowest BCUT2D eigenvalue weighted by molar-refractivity contribution is 0.102. The molecule has 0 aliphatic heterocycles. The van der Waals surface area contributed by atoms with E-state index in [1.165, 1.54) is 12.1 Å². The van der Waals surface area contributed by atoms with Crippen molar-refractivity contribution in [1.82, 2.24) is 15.0 Å². The maximum atomic E-state index is 13.7. The van der Waals surface area contributed by atoms with Crippen molar-refractivity contribution in [2.24, 2.45) is 0 Å². The molecule has 1 amide bonds. The number of nitrogens with one attached hydrogen (secondary N) is 1. The Labute approximate surface area is 139 Å². The molecular weight excluding hydrogens is 307 g/mol. The Morgan fingerprint density at radius 1 is 1.17 bits per heavy atom. The molecule has 0 fully saturated rings. The summed E-state index contributed by atoms with van der Waals surface area (Å²) in [4.78, 5) is 12.2. The van der Waals surface area contributed by atoms with Gasteiger partial charge in [0.15, 0.2) is 0 Å². The lowest BCUT2D eigenvalue weighted by atomic mass is 10.1. The summed E-state index contributed by atoms with van der Waals surface area (Å²) in [5.74, 6) is -0.783. The van der Waals surface area contributed by atoms with Crippen LogP contribution in [-0.4, -0.2) is 20.9 Å². The number of nitrogens with zero attached hydrogens (tertiary/aromatic N) is 3. The van der Waals surface area contributed by atoms with Crippen LogP contribution in [-0.2, 0) is 0 Å². The number of anilines is 1. The van der Waals surface area contributed by atoms with Crippen molar-refractivity contribution in [3.8, 4) is 5.69 Å². The van der Waals surface area contributed by atoms with E-state index in [-0.39, 0.29) is 11.5 Å². The first-order valence-corrected chi connectivity index (χ1v) is 7.63.